The van der Waals surface area contributed by atoms with Crippen LogP contribution in [0.5, 0.6) is 5.75 Å². The van der Waals surface area contributed by atoms with Crippen molar-refractivity contribution < 1.29 is 34.2 Å². The molecule has 0 aliphatic heterocycles. The van der Waals surface area contributed by atoms with E-state index >= 15 is 0 Å². The largest absolute Gasteiger partial charge is 0.507 e. The van der Waals surface area contributed by atoms with Crippen LogP contribution in [0.3, 0.4) is 0 Å². The Bertz CT molecular complexity index is 1420. The highest BCUT2D eigenvalue weighted by Gasteiger charge is 2.76. The second kappa shape index (κ2) is 9.55. The third kappa shape index (κ3) is 4.05. The molecule has 0 saturated heterocycles. The number of ketones is 5. The average molecular weight is 565 g/mol. The first-order chi connectivity index (χ1) is 18.7. The summed E-state index contributed by atoms with van der Waals surface area (Å²) in [4.78, 5) is 69.0. The topological polar surface area (TPSA) is 126 Å². The lowest BCUT2D eigenvalue weighted by Gasteiger charge is -2.62. The molecule has 3 aliphatic rings. The number of benzene rings is 1. The van der Waals surface area contributed by atoms with Gasteiger partial charge in [0.05, 0.1) is 11.5 Å². The first-order valence-electron chi connectivity index (χ1n) is 14.7. The molecule has 7 nitrogen and oxygen atoms in total. The molecule has 2 saturated carbocycles. The van der Waals surface area contributed by atoms with Gasteiger partial charge in [-0.2, -0.15) is 0 Å². The van der Waals surface area contributed by atoms with Crippen molar-refractivity contribution in [3.63, 3.8) is 0 Å². The smallest absolute Gasteiger partial charge is 0.190 e. The van der Waals surface area contributed by atoms with Crippen molar-refractivity contribution in [1.82, 2.24) is 0 Å². The molecule has 1 aromatic rings. The van der Waals surface area contributed by atoms with Crippen LogP contribution in [0.2, 0.25) is 0 Å². The van der Waals surface area contributed by atoms with Crippen LogP contribution < -0.4 is 0 Å². The van der Waals surface area contributed by atoms with Crippen LogP contribution >= 0.6 is 0 Å². The molecule has 2 fully saturated rings. The van der Waals surface area contributed by atoms with E-state index in [-0.39, 0.29) is 30.1 Å². The van der Waals surface area contributed by atoms with E-state index in [1.54, 1.807) is 20.8 Å². The zero-order valence-corrected chi connectivity index (χ0v) is 26.0. The van der Waals surface area contributed by atoms with Crippen LogP contribution in [-0.2, 0) is 31.0 Å². The molecular formula is C34H44O7. The van der Waals surface area contributed by atoms with Crippen molar-refractivity contribution in [2.45, 2.75) is 99.5 Å². The summed E-state index contributed by atoms with van der Waals surface area (Å²) in [6.07, 6.45) is 3.10. The number of hydrogen-bond acceptors (Lipinski definition) is 7. The van der Waals surface area contributed by atoms with Gasteiger partial charge in [-0.25, -0.2) is 0 Å². The second-order valence-electron chi connectivity index (χ2n) is 14.5. The summed E-state index contributed by atoms with van der Waals surface area (Å²) in [5, 5.41) is 23.7. The molecule has 0 heterocycles. The maximum absolute atomic E-state index is 14.5. The zero-order valence-electron chi connectivity index (χ0n) is 26.0. The first kappa shape index (κ1) is 31.0. The standard InChI is InChI=1S/C34H44O7/c1-11-12-17(4)19-13-21(31(6,7)8)26(36)23-20(19)14-32(9)15-33(10)24(16(2)3)27(37)22(18(5)35)29(39)34(33,41)30(40)25(32)28(23)38/h12-13,16,22,24-25,36,41H,11,14-15H2,1-10H3/t22?,24?,25?,32-,33-,34+/m1/s1. The summed E-state index contributed by atoms with van der Waals surface area (Å²) in [6, 6.07) is 1.93. The van der Waals surface area contributed by atoms with Gasteiger partial charge in [-0.15, -0.1) is 0 Å². The van der Waals surface area contributed by atoms with E-state index in [1.807, 2.05) is 47.6 Å². The van der Waals surface area contributed by atoms with Crippen LogP contribution in [0.1, 0.15) is 109 Å². The number of Topliss-reactive ketones (excluding diaryl/α,β-unsaturated/α-hetero) is 5. The summed E-state index contributed by atoms with van der Waals surface area (Å²) < 4.78 is 0. The Morgan fingerprint density at radius 2 is 1.68 bits per heavy atom. The molecule has 7 heteroatoms. The monoisotopic (exact) mass is 564 g/mol. The highest BCUT2D eigenvalue weighted by atomic mass is 16.3. The highest BCUT2D eigenvalue weighted by Crippen LogP contribution is 2.64. The summed E-state index contributed by atoms with van der Waals surface area (Å²) in [5.41, 5.74) is -2.75. The number of rotatable bonds is 4. The van der Waals surface area contributed by atoms with Gasteiger partial charge in [0.15, 0.2) is 28.7 Å². The molecule has 6 atom stereocenters. The van der Waals surface area contributed by atoms with Crippen molar-refractivity contribution in [3.8, 4) is 5.75 Å². The van der Waals surface area contributed by atoms with Crippen molar-refractivity contribution in [2.24, 2.45) is 34.5 Å². The number of aromatic hydroxyl groups is 1. The molecule has 41 heavy (non-hydrogen) atoms. The lowest BCUT2D eigenvalue weighted by molar-refractivity contribution is -0.205. The number of phenols is 1. The summed E-state index contributed by atoms with van der Waals surface area (Å²) in [7, 11) is 0. The van der Waals surface area contributed by atoms with Gasteiger partial charge < -0.3 is 10.2 Å². The Morgan fingerprint density at radius 3 is 2.17 bits per heavy atom. The van der Waals surface area contributed by atoms with Crippen LogP contribution in [0.15, 0.2) is 12.1 Å². The van der Waals surface area contributed by atoms with E-state index in [4.69, 9.17) is 0 Å². The van der Waals surface area contributed by atoms with Gasteiger partial charge in [0.1, 0.15) is 17.5 Å². The lowest BCUT2D eigenvalue weighted by Crippen LogP contribution is -2.76. The predicted octanol–water partition coefficient (Wildman–Crippen LogP) is 5.20. The molecular weight excluding hydrogens is 520 g/mol. The maximum atomic E-state index is 14.5. The van der Waals surface area contributed by atoms with Gasteiger partial charge >= 0.3 is 0 Å². The Labute approximate surface area is 242 Å². The second-order valence-corrected chi connectivity index (χ2v) is 14.5. The van der Waals surface area contributed by atoms with Crippen molar-refractivity contribution in [2.75, 3.05) is 0 Å². The molecule has 3 unspecified atom stereocenters. The Balaban J connectivity index is 2.05. The van der Waals surface area contributed by atoms with Crippen LogP contribution in [0.25, 0.3) is 5.57 Å². The molecule has 0 amide bonds. The van der Waals surface area contributed by atoms with E-state index in [2.05, 4.69) is 6.08 Å². The van der Waals surface area contributed by atoms with Crippen LogP contribution in [0.4, 0.5) is 0 Å². The SMILES string of the molecule is CCC=C(C)c1cc(C(C)(C)C)c(O)c2c1C[C@]1(C)C[C@]3(C)C(C(C)C)C(=O)C(C(C)=O)C(=O)[C@]3(O)C(=O)C1C2=O. The molecule has 2 N–H and O–H groups in total. The zero-order chi connectivity index (χ0) is 31.2. The predicted molar refractivity (Wildman–Crippen MR) is 156 cm³/mol. The quantitative estimate of drug-likeness (QED) is 0.481. The molecule has 0 spiro atoms. The van der Waals surface area contributed by atoms with Crippen molar-refractivity contribution in [1.29, 1.82) is 0 Å². The van der Waals surface area contributed by atoms with Crippen LogP contribution in [0, 0.1) is 34.5 Å². The number of hydrogen-bond donors (Lipinski definition) is 2. The fraction of sp³-hybridized carbons (Fsp3) is 0.618. The number of fused-ring (bicyclic) bond motifs is 3. The van der Waals surface area contributed by atoms with E-state index in [9.17, 15) is 34.2 Å². The fourth-order valence-corrected chi connectivity index (χ4v) is 8.54. The van der Waals surface area contributed by atoms with Gasteiger partial charge in [0, 0.05) is 16.9 Å². The van der Waals surface area contributed by atoms with Gasteiger partial charge in [-0.1, -0.05) is 61.5 Å². The number of carbonyl (C=O) groups excluding carboxylic acids is 5. The summed E-state index contributed by atoms with van der Waals surface area (Å²) in [5.74, 6) is -8.72. The number of aliphatic hydroxyl groups is 1. The number of phenolic OH excluding ortho intramolecular Hbond substituents is 1. The highest BCUT2D eigenvalue weighted by molar-refractivity contribution is 6.32. The van der Waals surface area contributed by atoms with E-state index in [0.717, 1.165) is 24.5 Å². The number of carbonyl (C=O) groups is 5. The Morgan fingerprint density at radius 1 is 1.10 bits per heavy atom. The molecule has 0 bridgehead atoms. The summed E-state index contributed by atoms with van der Waals surface area (Å²) in [6.45, 7) is 17.8. The number of allylic oxidation sites excluding steroid dienone is 2. The van der Waals surface area contributed by atoms with Gasteiger partial charge in [0.25, 0.3) is 0 Å². The lowest BCUT2D eigenvalue weighted by atomic mass is 9.39. The third-order valence-corrected chi connectivity index (χ3v) is 10.1. The molecule has 0 aromatic heterocycles. The third-order valence-electron chi connectivity index (χ3n) is 10.1. The van der Waals surface area contributed by atoms with Crippen molar-refractivity contribution >= 4 is 34.5 Å². The van der Waals surface area contributed by atoms with Gasteiger partial charge in [-0.05, 0) is 72.6 Å². The first-order valence-corrected chi connectivity index (χ1v) is 14.7. The molecule has 1 aromatic carbocycles. The minimum Gasteiger partial charge on any atom is -0.507 e. The van der Waals surface area contributed by atoms with Gasteiger partial charge in [0.2, 0.25) is 0 Å². The fourth-order valence-electron chi connectivity index (χ4n) is 8.54. The summed E-state index contributed by atoms with van der Waals surface area (Å²) >= 11 is 0. The minimum atomic E-state index is -2.69. The minimum absolute atomic E-state index is 0.0425. The maximum Gasteiger partial charge on any atom is 0.190 e. The Hall–Kier alpha value is -2.93. The normalized spacial score (nSPS) is 34.0. The van der Waals surface area contributed by atoms with Crippen molar-refractivity contribution in [3.05, 3.63) is 34.4 Å². The van der Waals surface area contributed by atoms with E-state index < -0.39 is 68.5 Å². The molecule has 4 rings (SSSR count). The van der Waals surface area contributed by atoms with Gasteiger partial charge in [-0.3, -0.25) is 24.0 Å². The average Bonchev–Trinajstić information content (AvgIpc) is 2.80. The van der Waals surface area contributed by atoms with E-state index in [0.29, 0.717) is 11.1 Å². The molecule has 222 valence electrons. The Kier molecular flexibility index (Phi) is 7.22. The van der Waals surface area contributed by atoms with E-state index in [1.165, 1.54) is 0 Å². The molecule has 3 aliphatic carbocycles. The van der Waals surface area contributed by atoms with Crippen LogP contribution in [-0.4, -0.2) is 44.7 Å². The molecule has 0 radical (unpaired) electrons.